The standard InChI is InChI=1S/C12H12F2N2O4/c1-6-2-3-7(13)10(11(6)14)12(20)16-4-8(17)15-5-9(18)19/h2-3H,4-5H2,1H3,(H,15,17)(H,16,20)(H,18,19). The minimum Gasteiger partial charge on any atom is -0.480 e. The SMILES string of the molecule is Cc1ccc(F)c(C(=O)NCC(=O)NCC(=O)O)c1F. The molecular weight excluding hydrogens is 274 g/mol. The molecule has 1 rings (SSSR count). The van der Waals surface area contributed by atoms with Crippen LogP contribution in [-0.4, -0.2) is 36.0 Å². The summed E-state index contributed by atoms with van der Waals surface area (Å²) in [6, 6.07) is 2.12. The van der Waals surface area contributed by atoms with Crippen LogP contribution in [0, 0.1) is 18.6 Å². The number of carboxylic acids is 1. The maximum Gasteiger partial charge on any atom is 0.322 e. The van der Waals surface area contributed by atoms with Gasteiger partial charge in [0.25, 0.3) is 5.91 Å². The highest BCUT2D eigenvalue weighted by atomic mass is 19.1. The monoisotopic (exact) mass is 286 g/mol. The number of amides is 2. The predicted molar refractivity (Wildman–Crippen MR) is 64.1 cm³/mol. The van der Waals surface area contributed by atoms with Crippen LogP contribution in [0.5, 0.6) is 0 Å². The molecule has 20 heavy (non-hydrogen) atoms. The second-order valence-electron chi connectivity index (χ2n) is 3.91. The Morgan fingerprint density at radius 2 is 1.80 bits per heavy atom. The molecule has 0 atom stereocenters. The van der Waals surface area contributed by atoms with Crippen LogP contribution in [0.4, 0.5) is 8.78 Å². The number of nitrogens with one attached hydrogen (secondary N) is 2. The van der Waals surface area contributed by atoms with Crippen LogP contribution >= 0.6 is 0 Å². The Balaban J connectivity index is 2.66. The fourth-order valence-electron chi connectivity index (χ4n) is 1.35. The van der Waals surface area contributed by atoms with Crippen molar-refractivity contribution in [2.75, 3.05) is 13.1 Å². The molecule has 1 aromatic rings. The van der Waals surface area contributed by atoms with Gasteiger partial charge in [-0.25, -0.2) is 8.78 Å². The molecule has 0 saturated carbocycles. The Morgan fingerprint density at radius 3 is 2.40 bits per heavy atom. The third-order valence-electron chi connectivity index (χ3n) is 2.36. The quantitative estimate of drug-likeness (QED) is 0.720. The molecule has 8 heteroatoms. The molecule has 0 bridgehead atoms. The molecule has 0 aliphatic rings. The van der Waals surface area contributed by atoms with Crippen LogP contribution in [0.3, 0.4) is 0 Å². The first-order chi connectivity index (χ1) is 9.32. The van der Waals surface area contributed by atoms with Crippen molar-refractivity contribution in [3.05, 3.63) is 34.9 Å². The Hall–Kier alpha value is -2.51. The second-order valence-corrected chi connectivity index (χ2v) is 3.91. The highest BCUT2D eigenvalue weighted by Crippen LogP contribution is 2.15. The molecule has 0 radical (unpaired) electrons. The largest absolute Gasteiger partial charge is 0.480 e. The van der Waals surface area contributed by atoms with Gasteiger partial charge in [0.1, 0.15) is 23.7 Å². The third kappa shape index (κ3) is 4.01. The van der Waals surface area contributed by atoms with Crippen LogP contribution < -0.4 is 10.6 Å². The van der Waals surface area contributed by atoms with Gasteiger partial charge in [0, 0.05) is 0 Å². The molecule has 3 N–H and O–H groups in total. The van der Waals surface area contributed by atoms with Crippen molar-refractivity contribution in [3.63, 3.8) is 0 Å². The zero-order valence-electron chi connectivity index (χ0n) is 10.5. The van der Waals surface area contributed by atoms with E-state index in [9.17, 15) is 23.2 Å². The first kappa shape index (κ1) is 15.5. The van der Waals surface area contributed by atoms with Crippen molar-refractivity contribution >= 4 is 17.8 Å². The number of aliphatic carboxylic acids is 1. The lowest BCUT2D eigenvalue weighted by Crippen LogP contribution is -2.39. The van der Waals surface area contributed by atoms with E-state index in [-0.39, 0.29) is 5.56 Å². The molecule has 108 valence electrons. The van der Waals surface area contributed by atoms with Crippen LogP contribution in [0.15, 0.2) is 12.1 Å². The summed E-state index contributed by atoms with van der Waals surface area (Å²) in [6.07, 6.45) is 0. The highest BCUT2D eigenvalue weighted by molar-refractivity contribution is 5.97. The summed E-state index contributed by atoms with van der Waals surface area (Å²) in [5.41, 5.74) is -0.692. The first-order valence-electron chi connectivity index (χ1n) is 5.54. The van der Waals surface area contributed by atoms with Gasteiger partial charge in [-0.15, -0.1) is 0 Å². The Bertz CT molecular complexity index is 561. The van der Waals surface area contributed by atoms with E-state index < -0.39 is 48.1 Å². The summed E-state index contributed by atoms with van der Waals surface area (Å²) in [6.45, 7) is 0.173. The summed E-state index contributed by atoms with van der Waals surface area (Å²) in [5, 5.41) is 12.3. The van der Waals surface area contributed by atoms with E-state index in [0.29, 0.717) is 0 Å². The van der Waals surface area contributed by atoms with Crippen molar-refractivity contribution in [2.45, 2.75) is 6.92 Å². The average molecular weight is 286 g/mol. The van der Waals surface area contributed by atoms with Gasteiger partial charge >= 0.3 is 5.97 Å². The number of carbonyl (C=O) groups excluding carboxylic acids is 2. The molecule has 0 spiro atoms. The molecule has 6 nitrogen and oxygen atoms in total. The first-order valence-corrected chi connectivity index (χ1v) is 5.54. The lowest BCUT2D eigenvalue weighted by atomic mass is 10.1. The summed E-state index contributed by atoms with van der Waals surface area (Å²) in [4.78, 5) is 32.9. The van der Waals surface area contributed by atoms with Gasteiger partial charge in [0.15, 0.2) is 0 Å². The van der Waals surface area contributed by atoms with E-state index >= 15 is 0 Å². The average Bonchev–Trinajstić information content (AvgIpc) is 2.38. The molecule has 0 aliphatic heterocycles. The smallest absolute Gasteiger partial charge is 0.322 e. The van der Waals surface area contributed by atoms with Crippen LogP contribution in [0.1, 0.15) is 15.9 Å². The van der Waals surface area contributed by atoms with Crippen LogP contribution in [0.25, 0.3) is 0 Å². The Kier molecular flexibility index (Phi) is 5.13. The predicted octanol–water partition coefficient (Wildman–Crippen LogP) is 0.204. The van der Waals surface area contributed by atoms with Gasteiger partial charge in [0.2, 0.25) is 5.91 Å². The number of benzene rings is 1. The molecule has 0 unspecified atom stereocenters. The summed E-state index contributed by atoms with van der Waals surface area (Å²) < 4.78 is 27.0. The van der Waals surface area contributed by atoms with Gasteiger partial charge < -0.3 is 15.7 Å². The molecule has 2 amide bonds. The molecule has 0 fully saturated rings. The summed E-state index contributed by atoms with van der Waals surface area (Å²) >= 11 is 0. The molecule has 1 aromatic carbocycles. The van der Waals surface area contributed by atoms with Crippen molar-refractivity contribution in [1.29, 1.82) is 0 Å². The minimum absolute atomic E-state index is 0.0897. The van der Waals surface area contributed by atoms with Crippen molar-refractivity contribution in [2.24, 2.45) is 0 Å². The second kappa shape index (κ2) is 6.60. The zero-order valence-corrected chi connectivity index (χ0v) is 10.5. The Labute approximate surface area is 112 Å². The highest BCUT2D eigenvalue weighted by Gasteiger charge is 2.19. The number of carboxylic acid groups (broad SMARTS) is 1. The summed E-state index contributed by atoms with van der Waals surface area (Å²) in [7, 11) is 0. The molecule has 0 saturated heterocycles. The van der Waals surface area contributed by atoms with E-state index in [0.717, 1.165) is 6.07 Å². The lowest BCUT2D eigenvalue weighted by Gasteiger charge is -2.08. The van der Waals surface area contributed by atoms with E-state index in [1.807, 2.05) is 10.6 Å². The third-order valence-corrected chi connectivity index (χ3v) is 2.36. The van der Waals surface area contributed by atoms with E-state index in [2.05, 4.69) is 0 Å². The van der Waals surface area contributed by atoms with Gasteiger partial charge in [-0.1, -0.05) is 6.07 Å². The molecule has 0 aliphatic carbocycles. The van der Waals surface area contributed by atoms with Crippen LogP contribution in [-0.2, 0) is 9.59 Å². The minimum atomic E-state index is -1.25. The number of halogens is 2. The van der Waals surface area contributed by atoms with E-state index in [4.69, 9.17) is 5.11 Å². The normalized spacial score (nSPS) is 9.95. The van der Waals surface area contributed by atoms with Crippen molar-refractivity contribution in [3.8, 4) is 0 Å². The maximum atomic E-state index is 13.6. The summed E-state index contributed by atoms with van der Waals surface area (Å²) in [5.74, 6) is -5.17. The number of hydrogen-bond acceptors (Lipinski definition) is 3. The fourth-order valence-corrected chi connectivity index (χ4v) is 1.35. The number of aryl methyl sites for hydroxylation is 1. The van der Waals surface area contributed by atoms with Crippen molar-refractivity contribution < 1.29 is 28.3 Å². The molecule has 0 aromatic heterocycles. The Morgan fingerprint density at radius 1 is 1.15 bits per heavy atom. The number of rotatable bonds is 5. The van der Waals surface area contributed by atoms with Crippen LogP contribution in [0.2, 0.25) is 0 Å². The van der Waals surface area contributed by atoms with Gasteiger partial charge in [-0.05, 0) is 18.6 Å². The van der Waals surface area contributed by atoms with Crippen molar-refractivity contribution in [1.82, 2.24) is 10.6 Å². The number of hydrogen-bond donors (Lipinski definition) is 3. The lowest BCUT2D eigenvalue weighted by molar-refractivity contribution is -0.137. The number of carbonyl (C=O) groups is 3. The molecular formula is C12H12F2N2O4. The van der Waals surface area contributed by atoms with Gasteiger partial charge in [-0.2, -0.15) is 0 Å². The topological polar surface area (TPSA) is 95.5 Å². The van der Waals surface area contributed by atoms with Gasteiger partial charge in [0.05, 0.1) is 6.54 Å². The molecule has 0 heterocycles. The van der Waals surface area contributed by atoms with Gasteiger partial charge in [-0.3, -0.25) is 14.4 Å². The fraction of sp³-hybridized carbons (Fsp3) is 0.250. The zero-order chi connectivity index (χ0) is 15.3. The van der Waals surface area contributed by atoms with E-state index in [1.54, 1.807) is 0 Å². The maximum absolute atomic E-state index is 13.6. The van der Waals surface area contributed by atoms with E-state index in [1.165, 1.54) is 13.0 Å².